The van der Waals surface area contributed by atoms with Gasteiger partial charge in [0.1, 0.15) is 24.0 Å². The van der Waals surface area contributed by atoms with Gasteiger partial charge in [-0.15, -0.1) is 0 Å². The quantitative estimate of drug-likeness (QED) is 0.677. The van der Waals surface area contributed by atoms with Crippen molar-refractivity contribution < 1.29 is 4.79 Å². The molecule has 1 atom stereocenters. The zero-order chi connectivity index (χ0) is 15.0. The number of carbonyl (C=O) groups is 1. The van der Waals surface area contributed by atoms with Gasteiger partial charge in [0.25, 0.3) is 0 Å². The molecule has 20 heavy (non-hydrogen) atoms. The highest BCUT2D eigenvalue weighted by molar-refractivity contribution is 5.83. The average Bonchev–Trinajstić information content (AvgIpc) is 2.42. The number of amides is 1. The van der Waals surface area contributed by atoms with E-state index in [2.05, 4.69) is 46.7 Å². The molecule has 0 fully saturated rings. The highest BCUT2D eigenvalue weighted by Crippen LogP contribution is 2.09. The summed E-state index contributed by atoms with van der Waals surface area (Å²) < 4.78 is 0. The highest BCUT2D eigenvalue weighted by Gasteiger charge is 2.13. The van der Waals surface area contributed by atoms with Gasteiger partial charge in [-0.05, 0) is 19.3 Å². The minimum atomic E-state index is -0.331. The van der Waals surface area contributed by atoms with Crippen molar-refractivity contribution in [2.45, 2.75) is 40.2 Å². The minimum Gasteiger partial charge on any atom is -0.370 e. The predicted molar refractivity (Wildman–Crippen MR) is 81.7 cm³/mol. The SMILES string of the molecule is CCCNc1cc(NC(C)C(=O)NCC(C)C)ncn1. The smallest absolute Gasteiger partial charge is 0.242 e. The Morgan fingerprint density at radius 2 is 1.95 bits per heavy atom. The van der Waals surface area contributed by atoms with Crippen LogP contribution in [0.15, 0.2) is 12.4 Å². The van der Waals surface area contributed by atoms with Crippen LogP contribution in [0.1, 0.15) is 34.1 Å². The lowest BCUT2D eigenvalue weighted by atomic mass is 10.2. The Morgan fingerprint density at radius 1 is 1.25 bits per heavy atom. The summed E-state index contributed by atoms with van der Waals surface area (Å²) in [5, 5.41) is 9.16. The molecule has 1 unspecified atom stereocenters. The molecule has 0 aliphatic rings. The molecule has 3 N–H and O–H groups in total. The lowest BCUT2D eigenvalue weighted by Gasteiger charge is -2.16. The Balaban J connectivity index is 2.52. The molecule has 0 spiro atoms. The van der Waals surface area contributed by atoms with E-state index in [0.29, 0.717) is 18.3 Å². The van der Waals surface area contributed by atoms with E-state index in [1.54, 1.807) is 0 Å². The van der Waals surface area contributed by atoms with Crippen molar-refractivity contribution in [3.63, 3.8) is 0 Å². The number of rotatable bonds is 8. The number of anilines is 2. The molecule has 0 radical (unpaired) electrons. The second-order valence-electron chi connectivity index (χ2n) is 5.22. The average molecular weight is 279 g/mol. The Hall–Kier alpha value is -1.85. The largest absolute Gasteiger partial charge is 0.370 e. The molecule has 0 aliphatic carbocycles. The van der Waals surface area contributed by atoms with E-state index in [9.17, 15) is 4.79 Å². The monoisotopic (exact) mass is 279 g/mol. The molecular weight excluding hydrogens is 254 g/mol. The van der Waals surface area contributed by atoms with Gasteiger partial charge in [0, 0.05) is 19.2 Å². The summed E-state index contributed by atoms with van der Waals surface area (Å²) in [6.45, 7) is 9.58. The standard InChI is InChI=1S/C14H25N5O/c1-5-6-15-12-7-13(18-9-17-12)19-11(4)14(20)16-8-10(2)3/h7,9-11H,5-6,8H2,1-4H3,(H,16,20)(H2,15,17,18,19). The van der Waals surface area contributed by atoms with Crippen LogP contribution in [-0.2, 0) is 4.79 Å². The van der Waals surface area contributed by atoms with Crippen LogP contribution in [-0.4, -0.2) is 35.0 Å². The Labute approximate surface area is 120 Å². The fraction of sp³-hybridized carbons (Fsp3) is 0.643. The molecule has 0 saturated carbocycles. The molecule has 1 aromatic heterocycles. The van der Waals surface area contributed by atoms with Crippen LogP contribution in [0.2, 0.25) is 0 Å². The van der Waals surface area contributed by atoms with E-state index in [-0.39, 0.29) is 11.9 Å². The van der Waals surface area contributed by atoms with Crippen molar-refractivity contribution in [1.29, 1.82) is 0 Å². The van der Waals surface area contributed by atoms with Crippen LogP contribution in [0.5, 0.6) is 0 Å². The van der Waals surface area contributed by atoms with Crippen LogP contribution in [0.4, 0.5) is 11.6 Å². The molecule has 1 amide bonds. The predicted octanol–water partition coefficient (Wildman–Crippen LogP) is 1.87. The topological polar surface area (TPSA) is 78.9 Å². The molecule has 1 heterocycles. The third-order valence-electron chi connectivity index (χ3n) is 2.67. The van der Waals surface area contributed by atoms with Crippen LogP contribution in [0.25, 0.3) is 0 Å². The van der Waals surface area contributed by atoms with Crippen molar-refractivity contribution in [1.82, 2.24) is 15.3 Å². The van der Waals surface area contributed by atoms with Gasteiger partial charge in [-0.2, -0.15) is 0 Å². The second-order valence-corrected chi connectivity index (χ2v) is 5.22. The third kappa shape index (κ3) is 5.86. The first kappa shape index (κ1) is 16.2. The summed E-state index contributed by atoms with van der Waals surface area (Å²) in [6.07, 6.45) is 2.51. The number of nitrogens with one attached hydrogen (secondary N) is 3. The summed E-state index contributed by atoms with van der Waals surface area (Å²) in [6, 6.07) is 1.48. The van der Waals surface area contributed by atoms with Crippen molar-refractivity contribution in [3.05, 3.63) is 12.4 Å². The van der Waals surface area contributed by atoms with Gasteiger partial charge >= 0.3 is 0 Å². The van der Waals surface area contributed by atoms with Crippen LogP contribution in [0.3, 0.4) is 0 Å². The zero-order valence-corrected chi connectivity index (χ0v) is 12.7. The molecule has 0 saturated heterocycles. The van der Waals surface area contributed by atoms with E-state index >= 15 is 0 Å². The number of carbonyl (C=O) groups excluding carboxylic acids is 1. The molecular formula is C14H25N5O. The van der Waals surface area contributed by atoms with E-state index in [0.717, 1.165) is 18.8 Å². The van der Waals surface area contributed by atoms with E-state index in [4.69, 9.17) is 0 Å². The van der Waals surface area contributed by atoms with Gasteiger partial charge < -0.3 is 16.0 Å². The van der Waals surface area contributed by atoms with Crippen molar-refractivity contribution in [2.75, 3.05) is 23.7 Å². The number of hydrogen-bond acceptors (Lipinski definition) is 5. The maximum absolute atomic E-state index is 11.9. The summed E-state index contributed by atoms with van der Waals surface area (Å²) in [5.41, 5.74) is 0. The van der Waals surface area contributed by atoms with Crippen LogP contribution in [0, 0.1) is 5.92 Å². The molecule has 6 heteroatoms. The van der Waals surface area contributed by atoms with Crippen LogP contribution < -0.4 is 16.0 Å². The van der Waals surface area contributed by atoms with Gasteiger partial charge in [0.15, 0.2) is 0 Å². The van der Waals surface area contributed by atoms with Crippen molar-refractivity contribution in [2.24, 2.45) is 5.92 Å². The number of hydrogen-bond donors (Lipinski definition) is 3. The molecule has 0 aromatic carbocycles. The molecule has 0 aliphatic heterocycles. The second kappa shape index (κ2) is 8.35. The number of aromatic nitrogens is 2. The summed E-state index contributed by atoms with van der Waals surface area (Å²) >= 11 is 0. The maximum atomic E-state index is 11.9. The fourth-order valence-electron chi connectivity index (χ4n) is 1.53. The summed E-state index contributed by atoms with van der Waals surface area (Å²) in [4.78, 5) is 20.1. The first-order valence-electron chi connectivity index (χ1n) is 7.13. The fourth-order valence-corrected chi connectivity index (χ4v) is 1.53. The lowest BCUT2D eigenvalue weighted by molar-refractivity contribution is -0.121. The van der Waals surface area contributed by atoms with Gasteiger partial charge in [0.2, 0.25) is 5.91 Å². The van der Waals surface area contributed by atoms with Gasteiger partial charge in [-0.3, -0.25) is 4.79 Å². The first-order valence-corrected chi connectivity index (χ1v) is 7.13. The third-order valence-corrected chi connectivity index (χ3v) is 2.67. The molecule has 0 bridgehead atoms. The van der Waals surface area contributed by atoms with Crippen molar-refractivity contribution >= 4 is 17.5 Å². The van der Waals surface area contributed by atoms with Gasteiger partial charge in [0.05, 0.1) is 0 Å². The molecule has 6 nitrogen and oxygen atoms in total. The molecule has 112 valence electrons. The van der Waals surface area contributed by atoms with Gasteiger partial charge in [-0.1, -0.05) is 20.8 Å². The minimum absolute atomic E-state index is 0.0274. The van der Waals surface area contributed by atoms with E-state index < -0.39 is 0 Å². The van der Waals surface area contributed by atoms with E-state index in [1.165, 1.54) is 6.33 Å². The Kier molecular flexibility index (Phi) is 6.76. The zero-order valence-electron chi connectivity index (χ0n) is 12.7. The lowest BCUT2D eigenvalue weighted by Crippen LogP contribution is -2.39. The Bertz CT molecular complexity index is 422. The highest BCUT2D eigenvalue weighted by atomic mass is 16.2. The molecule has 1 rings (SSSR count). The molecule has 1 aromatic rings. The first-order chi connectivity index (χ1) is 9.52. The Morgan fingerprint density at radius 3 is 2.60 bits per heavy atom. The van der Waals surface area contributed by atoms with E-state index in [1.807, 2.05) is 13.0 Å². The number of nitrogens with zero attached hydrogens (tertiary/aromatic N) is 2. The maximum Gasteiger partial charge on any atom is 0.242 e. The summed E-state index contributed by atoms with van der Waals surface area (Å²) in [7, 11) is 0. The van der Waals surface area contributed by atoms with Gasteiger partial charge in [-0.25, -0.2) is 9.97 Å². The van der Waals surface area contributed by atoms with Crippen LogP contribution >= 0.6 is 0 Å². The van der Waals surface area contributed by atoms with Crippen molar-refractivity contribution in [3.8, 4) is 0 Å². The summed E-state index contributed by atoms with van der Waals surface area (Å²) in [5.74, 6) is 1.82. The normalized spacial score (nSPS) is 12.1.